The van der Waals surface area contributed by atoms with Gasteiger partial charge in [-0.05, 0) is 25.1 Å². The van der Waals surface area contributed by atoms with Crippen LogP contribution in [-0.4, -0.2) is 42.1 Å². The molecule has 128 valence electrons. The molecule has 1 N–H and O–H groups in total. The Morgan fingerprint density at radius 3 is 2.71 bits per heavy atom. The third kappa shape index (κ3) is 5.20. The average Bonchev–Trinajstić information content (AvgIpc) is 2.57. The molecule has 1 amide bonds. The zero-order chi connectivity index (χ0) is 17.4. The second-order valence-corrected chi connectivity index (χ2v) is 5.27. The first-order valence-electron chi connectivity index (χ1n) is 7.66. The summed E-state index contributed by atoms with van der Waals surface area (Å²) < 4.78 is 11.7. The van der Waals surface area contributed by atoms with E-state index < -0.39 is 0 Å². The van der Waals surface area contributed by atoms with Gasteiger partial charge in [0, 0.05) is 19.2 Å². The van der Waals surface area contributed by atoms with E-state index in [0.717, 1.165) is 0 Å². The molecular weight excluding hydrogens is 310 g/mol. The Labute approximate surface area is 140 Å². The summed E-state index contributed by atoms with van der Waals surface area (Å²) in [5.74, 6) is 0.366. The molecule has 0 fully saturated rings. The van der Waals surface area contributed by atoms with Crippen molar-refractivity contribution in [3.05, 3.63) is 58.5 Å². The highest BCUT2D eigenvalue weighted by atomic mass is 16.5. The topological polar surface area (TPSA) is 82.5 Å². The van der Waals surface area contributed by atoms with E-state index in [4.69, 9.17) is 9.47 Å². The lowest BCUT2D eigenvalue weighted by Crippen LogP contribution is -2.37. The van der Waals surface area contributed by atoms with Crippen LogP contribution in [0.15, 0.2) is 47.3 Å². The zero-order valence-corrected chi connectivity index (χ0v) is 13.8. The van der Waals surface area contributed by atoms with Crippen molar-refractivity contribution in [2.45, 2.75) is 19.5 Å². The SMILES string of the molecule is COCC(C)NC(=O)c1ccc(=O)n(CCOc2ccccc2)n1. The minimum absolute atomic E-state index is 0.147. The summed E-state index contributed by atoms with van der Waals surface area (Å²) in [5, 5.41) is 6.84. The number of methoxy groups -OCH3 is 1. The fraction of sp³-hybridized carbons (Fsp3) is 0.353. The number of para-hydroxylation sites is 1. The molecule has 0 saturated carbocycles. The second-order valence-electron chi connectivity index (χ2n) is 5.27. The Morgan fingerprint density at radius 1 is 1.25 bits per heavy atom. The maximum Gasteiger partial charge on any atom is 0.272 e. The Hall–Kier alpha value is -2.67. The van der Waals surface area contributed by atoms with Crippen LogP contribution in [-0.2, 0) is 11.3 Å². The van der Waals surface area contributed by atoms with E-state index in [0.29, 0.717) is 12.4 Å². The lowest BCUT2D eigenvalue weighted by molar-refractivity contribution is 0.0897. The molecule has 0 aliphatic rings. The van der Waals surface area contributed by atoms with Crippen molar-refractivity contribution in [1.82, 2.24) is 15.1 Å². The van der Waals surface area contributed by atoms with Crippen molar-refractivity contribution in [3.63, 3.8) is 0 Å². The van der Waals surface area contributed by atoms with E-state index >= 15 is 0 Å². The van der Waals surface area contributed by atoms with Gasteiger partial charge in [0.05, 0.1) is 13.2 Å². The molecule has 24 heavy (non-hydrogen) atoms. The Bertz CT molecular complexity index is 715. The minimum Gasteiger partial charge on any atom is -0.492 e. The summed E-state index contributed by atoms with van der Waals surface area (Å²) in [4.78, 5) is 24.0. The van der Waals surface area contributed by atoms with Crippen molar-refractivity contribution < 1.29 is 14.3 Å². The molecule has 1 unspecified atom stereocenters. The standard InChI is InChI=1S/C17H21N3O4/c1-13(12-23-2)18-17(22)15-8-9-16(21)20(19-15)10-11-24-14-6-4-3-5-7-14/h3-9,13H,10-12H2,1-2H3,(H,18,22). The molecule has 0 radical (unpaired) electrons. The lowest BCUT2D eigenvalue weighted by Gasteiger charge is -2.13. The van der Waals surface area contributed by atoms with Gasteiger partial charge in [0.1, 0.15) is 18.1 Å². The van der Waals surface area contributed by atoms with Crippen LogP contribution in [0.2, 0.25) is 0 Å². The van der Waals surface area contributed by atoms with Crippen LogP contribution in [0.4, 0.5) is 0 Å². The molecule has 0 bridgehead atoms. The largest absolute Gasteiger partial charge is 0.492 e. The van der Waals surface area contributed by atoms with Crippen LogP contribution in [0.1, 0.15) is 17.4 Å². The maximum atomic E-state index is 12.1. The number of nitrogens with one attached hydrogen (secondary N) is 1. The average molecular weight is 331 g/mol. The van der Waals surface area contributed by atoms with Gasteiger partial charge in [0.2, 0.25) is 0 Å². The Balaban J connectivity index is 1.97. The van der Waals surface area contributed by atoms with Crippen molar-refractivity contribution >= 4 is 5.91 Å². The third-order valence-electron chi connectivity index (χ3n) is 3.21. The number of hydrogen-bond acceptors (Lipinski definition) is 5. The number of hydrogen-bond donors (Lipinski definition) is 1. The van der Waals surface area contributed by atoms with E-state index in [1.165, 1.54) is 16.8 Å². The van der Waals surface area contributed by atoms with Gasteiger partial charge in [0.15, 0.2) is 0 Å². The molecule has 1 aromatic carbocycles. The number of amides is 1. The first kappa shape index (κ1) is 17.7. The predicted molar refractivity (Wildman–Crippen MR) is 89.2 cm³/mol. The molecule has 1 aromatic heterocycles. The maximum absolute atomic E-state index is 12.1. The lowest BCUT2D eigenvalue weighted by atomic mass is 10.3. The van der Waals surface area contributed by atoms with Crippen LogP contribution in [0.3, 0.4) is 0 Å². The molecule has 0 aliphatic carbocycles. The summed E-state index contributed by atoms with van der Waals surface area (Å²) in [5.41, 5.74) is -0.106. The molecule has 2 aromatic rings. The Morgan fingerprint density at radius 2 is 2.00 bits per heavy atom. The van der Waals surface area contributed by atoms with Crippen molar-refractivity contribution in [1.29, 1.82) is 0 Å². The number of nitrogens with zero attached hydrogens (tertiary/aromatic N) is 2. The van der Waals surface area contributed by atoms with Crippen molar-refractivity contribution in [3.8, 4) is 5.75 Å². The molecule has 1 atom stereocenters. The number of ether oxygens (including phenoxy) is 2. The quantitative estimate of drug-likeness (QED) is 0.783. The molecular formula is C17H21N3O4. The van der Waals surface area contributed by atoms with Gasteiger partial charge < -0.3 is 14.8 Å². The summed E-state index contributed by atoms with van der Waals surface area (Å²) in [6.07, 6.45) is 0. The first-order chi connectivity index (χ1) is 11.6. The highest BCUT2D eigenvalue weighted by molar-refractivity contribution is 5.92. The van der Waals surface area contributed by atoms with Gasteiger partial charge in [-0.2, -0.15) is 5.10 Å². The number of carbonyl (C=O) groups is 1. The molecule has 0 saturated heterocycles. The number of carbonyl (C=O) groups excluding carboxylic acids is 1. The molecule has 0 aliphatic heterocycles. The first-order valence-corrected chi connectivity index (χ1v) is 7.66. The molecule has 1 heterocycles. The highest BCUT2D eigenvalue weighted by Gasteiger charge is 2.12. The fourth-order valence-corrected chi connectivity index (χ4v) is 2.09. The summed E-state index contributed by atoms with van der Waals surface area (Å²) in [6, 6.07) is 11.9. The van der Waals surface area contributed by atoms with Crippen LogP contribution in [0.25, 0.3) is 0 Å². The van der Waals surface area contributed by atoms with Crippen LogP contribution in [0, 0.1) is 0 Å². The summed E-state index contributed by atoms with van der Waals surface area (Å²) in [7, 11) is 1.56. The van der Waals surface area contributed by atoms with Gasteiger partial charge in [0.25, 0.3) is 11.5 Å². The smallest absolute Gasteiger partial charge is 0.272 e. The normalized spacial score (nSPS) is 11.8. The zero-order valence-electron chi connectivity index (χ0n) is 13.8. The molecule has 2 rings (SSSR count). The number of aromatic nitrogens is 2. The van der Waals surface area contributed by atoms with Gasteiger partial charge >= 0.3 is 0 Å². The van der Waals surface area contributed by atoms with Crippen LogP contribution < -0.4 is 15.6 Å². The fourth-order valence-electron chi connectivity index (χ4n) is 2.09. The van der Waals surface area contributed by atoms with Gasteiger partial charge in [-0.1, -0.05) is 18.2 Å². The van der Waals surface area contributed by atoms with Crippen molar-refractivity contribution in [2.24, 2.45) is 0 Å². The Kier molecular flexibility index (Phi) is 6.51. The van der Waals surface area contributed by atoms with Gasteiger partial charge in [-0.25, -0.2) is 4.68 Å². The van der Waals surface area contributed by atoms with E-state index in [2.05, 4.69) is 10.4 Å². The van der Waals surface area contributed by atoms with Crippen molar-refractivity contribution in [2.75, 3.05) is 20.3 Å². The van der Waals surface area contributed by atoms with E-state index in [1.54, 1.807) is 7.11 Å². The van der Waals surface area contributed by atoms with E-state index in [-0.39, 0.29) is 36.4 Å². The molecule has 7 heteroatoms. The van der Waals surface area contributed by atoms with Crippen LogP contribution >= 0.6 is 0 Å². The summed E-state index contributed by atoms with van der Waals surface area (Å²) in [6.45, 7) is 2.76. The predicted octanol–water partition coefficient (Wildman–Crippen LogP) is 1.09. The number of rotatable bonds is 8. The highest BCUT2D eigenvalue weighted by Crippen LogP contribution is 2.07. The number of benzene rings is 1. The molecule has 7 nitrogen and oxygen atoms in total. The van der Waals surface area contributed by atoms with Crippen LogP contribution in [0.5, 0.6) is 5.75 Å². The van der Waals surface area contributed by atoms with Gasteiger partial charge in [-0.3, -0.25) is 9.59 Å². The third-order valence-corrected chi connectivity index (χ3v) is 3.21. The van der Waals surface area contributed by atoms with E-state index in [1.807, 2.05) is 37.3 Å². The van der Waals surface area contributed by atoms with Gasteiger partial charge in [-0.15, -0.1) is 0 Å². The summed E-state index contributed by atoms with van der Waals surface area (Å²) >= 11 is 0. The second kappa shape index (κ2) is 8.83. The van der Waals surface area contributed by atoms with E-state index in [9.17, 15) is 9.59 Å². The minimum atomic E-state index is -0.350. The monoisotopic (exact) mass is 331 g/mol. The molecule has 0 spiro atoms.